The molecule has 114 valence electrons. The van der Waals surface area contributed by atoms with Crippen molar-refractivity contribution in [3.63, 3.8) is 0 Å². The molecule has 1 heterocycles. The van der Waals surface area contributed by atoms with E-state index in [4.69, 9.17) is 5.11 Å². The molecule has 0 radical (unpaired) electrons. The predicted octanol–water partition coefficient (Wildman–Crippen LogP) is 1.94. The smallest absolute Gasteiger partial charge is 0.335 e. The van der Waals surface area contributed by atoms with Gasteiger partial charge in [0, 0.05) is 13.1 Å². The second kappa shape index (κ2) is 5.06. The monoisotopic (exact) mass is 313 g/mol. The Hall–Kier alpha value is -1.47. The second-order valence-corrected chi connectivity index (χ2v) is 7.63. The first-order chi connectivity index (χ1) is 9.89. The van der Waals surface area contributed by atoms with Crippen LogP contribution in [0.4, 0.5) is 4.39 Å². The van der Waals surface area contributed by atoms with Gasteiger partial charge in [0.2, 0.25) is 10.0 Å². The van der Waals surface area contributed by atoms with Gasteiger partial charge in [0.05, 0.1) is 5.56 Å². The maximum atomic E-state index is 14.0. The lowest BCUT2D eigenvalue weighted by Crippen LogP contribution is -2.30. The molecule has 1 aromatic rings. The van der Waals surface area contributed by atoms with Crippen molar-refractivity contribution in [2.45, 2.75) is 24.2 Å². The lowest BCUT2D eigenvalue weighted by Gasteiger charge is -2.17. The van der Waals surface area contributed by atoms with E-state index in [0.717, 1.165) is 37.5 Å². The Labute approximate surface area is 122 Å². The summed E-state index contributed by atoms with van der Waals surface area (Å²) in [6, 6.07) is 2.92. The quantitative estimate of drug-likeness (QED) is 0.925. The number of benzene rings is 1. The molecule has 2 unspecified atom stereocenters. The second-order valence-electron chi connectivity index (χ2n) is 5.72. The van der Waals surface area contributed by atoms with Crippen LogP contribution in [0, 0.1) is 17.7 Å². The molecule has 1 saturated carbocycles. The van der Waals surface area contributed by atoms with Gasteiger partial charge in [-0.2, -0.15) is 4.31 Å². The van der Waals surface area contributed by atoms with Crippen LogP contribution in [0.1, 0.15) is 29.6 Å². The van der Waals surface area contributed by atoms with Crippen LogP contribution in [0.3, 0.4) is 0 Å². The molecule has 3 rings (SSSR count). The van der Waals surface area contributed by atoms with Gasteiger partial charge >= 0.3 is 5.97 Å². The molecule has 0 bridgehead atoms. The van der Waals surface area contributed by atoms with Gasteiger partial charge < -0.3 is 5.11 Å². The molecular weight excluding hydrogens is 297 g/mol. The van der Waals surface area contributed by atoms with Crippen molar-refractivity contribution >= 4 is 16.0 Å². The number of nitrogens with zero attached hydrogens (tertiary/aromatic N) is 1. The van der Waals surface area contributed by atoms with Crippen LogP contribution in [0.25, 0.3) is 0 Å². The molecule has 1 N–H and O–H groups in total. The Balaban J connectivity index is 1.90. The van der Waals surface area contributed by atoms with Crippen LogP contribution in [-0.4, -0.2) is 36.9 Å². The average Bonchev–Trinajstić information content (AvgIpc) is 2.98. The zero-order chi connectivity index (χ0) is 15.2. The van der Waals surface area contributed by atoms with Gasteiger partial charge in [-0.15, -0.1) is 0 Å². The molecule has 21 heavy (non-hydrogen) atoms. The van der Waals surface area contributed by atoms with Crippen molar-refractivity contribution in [2.75, 3.05) is 13.1 Å². The largest absolute Gasteiger partial charge is 0.478 e. The molecule has 1 aliphatic carbocycles. The first kappa shape index (κ1) is 14.5. The summed E-state index contributed by atoms with van der Waals surface area (Å²) in [4.78, 5) is 10.3. The zero-order valence-electron chi connectivity index (χ0n) is 11.3. The van der Waals surface area contributed by atoms with Crippen LogP contribution in [-0.2, 0) is 10.0 Å². The molecule has 1 aromatic carbocycles. The van der Waals surface area contributed by atoms with E-state index in [9.17, 15) is 17.6 Å². The molecule has 0 amide bonds. The molecule has 2 fully saturated rings. The lowest BCUT2D eigenvalue weighted by atomic mass is 10.0. The van der Waals surface area contributed by atoms with Crippen LogP contribution in [0.5, 0.6) is 0 Å². The summed E-state index contributed by atoms with van der Waals surface area (Å²) in [5.41, 5.74) is -0.259. The van der Waals surface area contributed by atoms with Crippen LogP contribution < -0.4 is 0 Å². The van der Waals surface area contributed by atoms with Crippen molar-refractivity contribution in [3.05, 3.63) is 29.6 Å². The summed E-state index contributed by atoms with van der Waals surface area (Å²) in [5.74, 6) is -1.54. The first-order valence-electron chi connectivity index (χ1n) is 6.92. The van der Waals surface area contributed by atoms with E-state index in [1.54, 1.807) is 0 Å². The third-order valence-corrected chi connectivity index (χ3v) is 6.35. The highest BCUT2D eigenvalue weighted by molar-refractivity contribution is 7.89. The zero-order valence-corrected chi connectivity index (χ0v) is 12.1. The van der Waals surface area contributed by atoms with E-state index >= 15 is 0 Å². The van der Waals surface area contributed by atoms with Gasteiger partial charge in [0.1, 0.15) is 10.7 Å². The molecule has 5 nitrogen and oxygen atoms in total. The van der Waals surface area contributed by atoms with Crippen LogP contribution in [0.2, 0.25) is 0 Å². The van der Waals surface area contributed by atoms with Crippen LogP contribution >= 0.6 is 0 Å². The van der Waals surface area contributed by atoms with Gasteiger partial charge in [0.25, 0.3) is 0 Å². The maximum absolute atomic E-state index is 14.0. The minimum atomic E-state index is -3.89. The molecule has 1 aliphatic heterocycles. The number of hydrogen-bond donors (Lipinski definition) is 1. The van der Waals surface area contributed by atoms with E-state index in [-0.39, 0.29) is 5.56 Å². The van der Waals surface area contributed by atoms with Crippen LogP contribution in [0.15, 0.2) is 23.1 Å². The molecule has 0 aromatic heterocycles. The van der Waals surface area contributed by atoms with Gasteiger partial charge in [-0.3, -0.25) is 0 Å². The van der Waals surface area contributed by atoms with Gasteiger partial charge in [0.15, 0.2) is 0 Å². The highest BCUT2D eigenvalue weighted by Gasteiger charge is 2.42. The summed E-state index contributed by atoms with van der Waals surface area (Å²) in [5, 5.41) is 8.80. The maximum Gasteiger partial charge on any atom is 0.335 e. The van der Waals surface area contributed by atoms with Crippen molar-refractivity contribution in [3.8, 4) is 0 Å². The summed E-state index contributed by atoms with van der Waals surface area (Å²) >= 11 is 0. The summed E-state index contributed by atoms with van der Waals surface area (Å²) in [6.07, 6.45) is 3.18. The van der Waals surface area contributed by atoms with E-state index in [1.807, 2.05) is 0 Å². The topological polar surface area (TPSA) is 74.7 Å². The van der Waals surface area contributed by atoms with Crippen molar-refractivity contribution < 1.29 is 22.7 Å². The molecule has 2 aliphatic rings. The third-order valence-electron chi connectivity index (χ3n) is 4.49. The molecular formula is C14H16FNO4S. The normalized spacial score (nSPS) is 26.0. The molecule has 7 heteroatoms. The van der Waals surface area contributed by atoms with E-state index in [2.05, 4.69) is 0 Å². The Morgan fingerprint density at radius 1 is 1.24 bits per heavy atom. The SMILES string of the molecule is O=C(O)c1ccc(S(=O)(=O)N2CC3CCCC3C2)c(F)c1. The third kappa shape index (κ3) is 2.44. The summed E-state index contributed by atoms with van der Waals surface area (Å²) < 4.78 is 40.3. The Morgan fingerprint density at radius 3 is 2.38 bits per heavy atom. The number of rotatable bonds is 3. The number of carboxylic acids is 1. The van der Waals surface area contributed by atoms with Gasteiger partial charge in [-0.1, -0.05) is 6.42 Å². The minimum absolute atomic E-state index is 0.259. The highest BCUT2D eigenvalue weighted by atomic mass is 32.2. The number of halogens is 1. The molecule has 0 spiro atoms. The minimum Gasteiger partial charge on any atom is -0.478 e. The van der Waals surface area contributed by atoms with Gasteiger partial charge in [-0.05, 0) is 42.9 Å². The average molecular weight is 313 g/mol. The van der Waals surface area contributed by atoms with E-state index in [0.29, 0.717) is 24.9 Å². The van der Waals surface area contributed by atoms with Crippen molar-refractivity contribution in [1.82, 2.24) is 4.31 Å². The predicted molar refractivity (Wildman–Crippen MR) is 72.9 cm³/mol. The van der Waals surface area contributed by atoms with Crippen molar-refractivity contribution in [1.29, 1.82) is 0 Å². The first-order valence-corrected chi connectivity index (χ1v) is 8.36. The molecule has 1 saturated heterocycles. The fourth-order valence-electron chi connectivity index (χ4n) is 3.37. The Bertz CT molecular complexity index is 676. The fourth-order valence-corrected chi connectivity index (χ4v) is 4.97. The number of hydrogen-bond acceptors (Lipinski definition) is 3. The number of fused-ring (bicyclic) bond motifs is 1. The number of aromatic carboxylic acids is 1. The lowest BCUT2D eigenvalue weighted by molar-refractivity contribution is 0.0696. The summed E-state index contributed by atoms with van der Waals surface area (Å²) in [6.45, 7) is 0.875. The highest BCUT2D eigenvalue weighted by Crippen LogP contribution is 2.40. The van der Waals surface area contributed by atoms with Gasteiger partial charge in [-0.25, -0.2) is 17.6 Å². The van der Waals surface area contributed by atoms with E-state index < -0.39 is 26.7 Å². The number of sulfonamides is 1. The van der Waals surface area contributed by atoms with Crippen molar-refractivity contribution in [2.24, 2.45) is 11.8 Å². The Kier molecular flexibility index (Phi) is 3.49. The fraction of sp³-hybridized carbons (Fsp3) is 0.500. The number of carbonyl (C=O) groups is 1. The molecule has 2 atom stereocenters. The standard InChI is InChI=1S/C14H16FNO4S/c15-12-6-9(14(17)18)4-5-13(12)21(19,20)16-7-10-2-1-3-11(10)8-16/h4-6,10-11H,1-3,7-8H2,(H,17,18). The summed E-state index contributed by atoms with van der Waals surface area (Å²) in [7, 11) is -3.89. The number of carboxylic acid groups (broad SMARTS) is 1. The Morgan fingerprint density at radius 2 is 1.86 bits per heavy atom. The van der Waals surface area contributed by atoms with E-state index in [1.165, 1.54) is 4.31 Å².